The normalized spacial score (nSPS) is 10.7. The lowest BCUT2D eigenvalue weighted by Crippen LogP contribution is -2.20. The number of anilines is 1. The molecular weight excluding hydrogens is 282 g/mol. The number of benzene rings is 1. The molecule has 2 N–H and O–H groups in total. The Hall–Kier alpha value is -2.37. The third kappa shape index (κ3) is 7.42. The second-order valence-electron chi connectivity index (χ2n) is 5.06. The van der Waals surface area contributed by atoms with Crippen molar-refractivity contribution in [1.29, 1.82) is 0 Å². The van der Waals surface area contributed by atoms with E-state index in [-0.39, 0.29) is 30.6 Å². The lowest BCUT2D eigenvalue weighted by atomic mass is 10.2. The molecule has 0 spiro atoms. The highest BCUT2D eigenvalue weighted by Gasteiger charge is 2.07. The zero-order chi connectivity index (χ0) is 16.4. The predicted octanol–water partition coefficient (Wildman–Crippen LogP) is 2.56. The van der Waals surface area contributed by atoms with Gasteiger partial charge >= 0.3 is 0 Å². The minimum absolute atomic E-state index is 0.0955. The molecule has 0 bridgehead atoms. The Labute approximate surface area is 130 Å². The number of nitrogens with one attached hydrogen (secondary N) is 2. The molecule has 0 radical (unpaired) electrons. The summed E-state index contributed by atoms with van der Waals surface area (Å²) in [6.07, 6.45) is 1.84. The quantitative estimate of drug-likeness (QED) is 0.572. The number of carbonyl (C=O) groups is 2. The van der Waals surface area contributed by atoms with Gasteiger partial charge in [0.15, 0.2) is 0 Å². The number of rotatable bonds is 8. The highest BCUT2D eigenvalue weighted by Crippen LogP contribution is 2.15. The summed E-state index contributed by atoms with van der Waals surface area (Å²) in [7, 11) is 0. The van der Waals surface area contributed by atoms with Crippen LogP contribution in [-0.2, 0) is 9.59 Å². The van der Waals surface area contributed by atoms with Crippen molar-refractivity contribution >= 4 is 23.7 Å². The van der Waals surface area contributed by atoms with Gasteiger partial charge in [-0.05, 0) is 37.1 Å². The molecule has 0 saturated heterocycles. The number of hydrogen-bond donors (Lipinski definition) is 2. The van der Waals surface area contributed by atoms with Crippen LogP contribution in [0.25, 0.3) is 0 Å². The fraction of sp³-hybridized carbons (Fsp3) is 0.438. The van der Waals surface area contributed by atoms with E-state index in [9.17, 15) is 9.59 Å². The van der Waals surface area contributed by atoms with E-state index in [4.69, 9.17) is 4.74 Å². The molecule has 0 aliphatic heterocycles. The zero-order valence-electron chi connectivity index (χ0n) is 13.3. The van der Waals surface area contributed by atoms with Crippen molar-refractivity contribution in [3.8, 4) is 5.75 Å². The van der Waals surface area contributed by atoms with Crippen molar-refractivity contribution in [2.45, 2.75) is 33.6 Å². The molecule has 0 aliphatic rings. The smallest absolute Gasteiger partial charge is 0.240 e. The van der Waals surface area contributed by atoms with E-state index >= 15 is 0 Å². The monoisotopic (exact) mass is 305 g/mol. The van der Waals surface area contributed by atoms with Crippen molar-refractivity contribution in [2.75, 3.05) is 11.9 Å². The largest absolute Gasteiger partial charge is 0.494 e. The van der Waals surface area contributed by atoms with E-state index in [0.717, 1.165) is 5.75 Å². The van der Waals surface area contributed by atoms with Gasteiger partial charge in [0, 0.05) is 24.7 Å². The summed E-state index contributed by atoms with van der Waals surface area (Å²) in [6.45, 7) is 6.42. The Morgan fingerprint density at radius 1 is 1.18 bits per heavy atom. The molecule has 0 unspecified atom stereocenters. The number of hydrazone groups is 1. The first-order valence-corrected chi connectivity index (χ1v) is 7.36. The number of hydrogen-bond acceptors (Lipinski definition) is 4. The molecule has 1 aromatic carbocycles. The predicted molar refractivity (Wildman–Crippen MR) is 86.9 cm³/mol. The van der Waals surface area contributed by atoms with Gasteiger partial charge in [-0.3, -0.25) is 9.59 Å². The number of nitrogens with zero attached hydrogens (tertiary/aromatic N) is 1. The molecule has 1 rings (SSSR count). The Kier molecular flexibility index (Phi) is 7.67. The second kappa shape index (κ2) is 9.55. The van der Waals surface area contributed by atoms with Crippen LogP contribution in [0.5, 0.6) is 5.75 Å². The van der Waals surface area contributed by atoms with E-state index < -0.39 is 0 Å². The Bertz CT molecular complexity index is 510. The van der Waals surface area contributed by atoms with Gasteiger partial charge in [0.1, 0.15) is 5.75 Å². The summed E-state index contributed by atoms with van der Waals surface area (Å²) in [5.74, 6) is 0.525. The summed E-state index contributed by atoms with van der Waals surface area (Å²) in [5, 5.41) is 6.52. The molecular formula is C16H23N3O3. The Morgan fingerprint density at radius 3 is 2.41 bits per heavy atom. The van der Waals surface area contributed by atoms with Crippen LogP contribution >= 0.6 is 0 Å². The van der Waals surface area contributed by atoms with Crippen LogP contribution in [0.3, 0.4) is 0 Å². The van der Waals surface area contributed by atoms with Crippen LogP contribution in [0.15, 0.2) is 29.4 Å². The van der Waals surface area contributed by atoms with Crippen molar-refractivity contribution in [2.24, 2.45) is 11.0 Å². The maximum absolute atomic E-state index is 11.7. The molecule has 0 saturated carbocycles. The molecule has 6 nitrogen and oxygen atoms in total. The molecule has 22 heavy (non-hydrogen) atoms. The van der Waals surface area contributed by atoms with E-state index in [1.807, 2.05) is 20.8 Å². The Morgan fingerprint density at radius 2 is 1.82 bits per heavy atom. The van der Waals surface area contributed by atoms with Crippen molar-refractivity contribution in [3.05, 3.63) is 24.3 Å². The fourth-order valence-corrected chi connectivity index (χ4v) is 1.57. The summed E-state index contributed by atoms with van der Waals surface area (Å²) < 4.78 is 5.32. The highest BCUT2D eigenvalue weighted by molar-refractivity contribution is 5.93. The van der Waals surface area contributed by atoms with Crippen LogP contribution in [0.1, 0.15) is 33.6 Å². The molecule has 0 atom stereocenters. The van der Waals surface area contributed by atoms with Gasteiger partial charge in [-0.15, -0.1) is 0 Å². The maximum atomic E-state index is 11.7. The van der Waals surface area contributed by atoms with Gasteiger partial charge in [-0.25, -0.2) is 5.43 Å². The lowest BCUT2D eigenvalue weighted by molar-refractivity contribution is -0.124. The van der Waals surface area contributed by atoms with E-state index in [2.05, 4.69) is 15.8 Å². The molecule has 0 heterocycles. The molecule has 6 heteroatoms. The summed E-state index contributed by atoms with van der Waals surface area (Å²) in [4.78, 5) is 23.2. The first-order chi connectivity index (χ1) is 10.5. The zero-order valence-corrected chi connectivity index (χ0v) is 13.3. The van der Waals surface area contributed by atoms with Crippen LogP contribution in [0, 0.1) is 5.92 Å². The first kappa shape index (κ1) is 17.7. The SMILES string of the molecule is CCOc1ccc(NC(=O)CCC(=O)N/N=C/C(C)C)cc1. The summed E-state index contributed by atoms with van der Waals surface area (Å²) in [6, 6.07) is 7.09. The molecule has 0 fully saturated rings. The van der Waals surface area contributed by atoms with Crippen LogP contribution in [0.4, 0.5) is 5.69 Å². The average molecular weight is 305 g/mol. The average Bonchev–Trinajstić information content (AvgIpc) is 2.47. The van der Waals surface area contributed by atoms with Crippen LogP contribution < -0.4 is 15.5 Å². The molecule has 1 aromatic rings. The molecule has 0 aromatic heterocycles. The minimum atomic E-state index is -0.279. The van der Waals surface area contributed by atoms with Gasteiger partial charge < -0.3 is 10.1 Å². The van der Waals surface area contributed by atoms with Crippen molar-refractivity contribution in [3.63, 3.8) is 0 Å². The number of carbonyl (C=O) groups excluding carboxylic acids is 2. The van der Waals surface area contributed by atoms with Crippen molar-refractivity contribution < 1.29 is 14.3 Å². The van der Waals surface area contributed by atoms with E-state index in [0.29, 0.717) is 12.3 Å². The van der Waals surface area contributed by atoms with Gasteiger partial charge in [0.25, 0.3) is 0 Å². The van der Waals surface area contributed by atoms with Gasteiger partial charge in [0.2, 0.25) is 11.8 Å². The molecule has 0 aliphatic carbocycles. The lowest BCUT2D eigenvalue weighted by Gasteiger charge is -2.07. The molecule has 120 valence electrons. The minimum Gasteiger partial charge on any atom is -0.494 e. The molecule has 2 amide bonds. The third-order valence-electron chi connectivity index (χ3n) is 2.59. The Balaban J connectivity index is 2.32. The second-order valence-corrected chi connectivity index (χ2v) is 5.06. The number of amides is 2. The van der Waals surface area contributed by atoms with Crippen molar-refractivity contribution in [1.82, 2.24) is 5.43 Å². The topological polar surface area (TPSA) is 79.8 Å². The van der Waals surface area contributed by atoms with Gasteiger partial charge in [-0.1, -0.05) is 13.8 Å². The summed E-state index contributed by atoms with van der Waals surface area (Å²) >= 11 is 0. The van der Waals surface area contributed by atoms with Crippen LogP contribution in [0.2, 0.25) is 0 Å². The van der Waals surface area contributed by atoms with Gasteiger partial charge in [-0.2, -0.15) is 5.10 Å². The first-order valence-electron chi connectivity index (χ1n) is 7.36. The highest BCUT2D eigenvalue weighted by atomic mass is 16.5. The third-order valence-corrected chi connectivity index (χ3v) is 2.59. The maximum Gasteiger partial charge on any atom is 0.240 e. The van der Waals surface area contributed by atoms with Gasteiger partial charge in [0.05, 0.1) is 6.61 Å². The van der Waals surface area contributed by atoms with E-state index in [1.54, 1.807) is 30.5 Å². The van der Waals surface area contributed by atoms with Crippen LogP contribution in [-0.4, -0.2) is 24.6 Å². The summed E-state index contributed by atoms with van der Waals surface area (Å²) in [5.41, 5.74) is 3.06. The fourth-order valence-electron chi connectivity index (χ4n) is 1.57. The van der Waals surface area contributed by atoms with E-state index in [1.165, 1.54) is 0 Å². The number of ether oxygens (including phenoxy) is 1. The standard InChI is InChI=1S/C16H23N3O3/c1-4-22-14-7-5-13(6-8-14)18-15(20)9-10-16(21)19-17-11-12(2)3/h5-8,11-12H,4,9-10H2,1-3H3,(H,18,20)(H,19,21)/b17-11+.